The van der Waals surface area contributed by atoms with Gasteiger partial charge in [0.25, 0.3) is 5.91 Å². The van der Waals surface area contributed by atoms with Gasteiger partial charge in [-0.1, -0.05) is 92.6 Å². The van der Waals surface area contributed by atoms with Gasteiger partial charge in [0.1, 0.15) is 0 Å². The van der Waals surface area contributed by atoms with Gasteiger partial charge in [-0.2, -0.15) is 0 Å². The van der Waals surface area contributed by atoms with E-state index in [2.05, 4.69) is 93.9 Å². The van der Waals surface area contributed by atoms with Crippen LogP contribution in [-0.4, -0.2) is 50.9 Å². The molecule has 4 aromatic carbocycles. The Morgan fingerprint density at radius 3 is 2.55 bits per heavy atom. The topological polar surface area (TPSA) is 41.4 Å². The van der Waals surface area contributed by atoms with E-state index in [1.54, 1.807) is 0 Å². The zero-order chi connectivity index (χ0) is 27.5. The van der Waals surface area contributed by atoms with Crippen molar-refractivity contribution in [3.8, 4) is 0 Å². The van der Waals surface area contributed by atoms with Gasteiger partial charge in [-0.3, -0.25) is 9.69 Å². The monoisotopic (exact) mass is 530 g/mol. The Hall–Kier alpha value is -3.96. The summed E-state index contributed by atoms with van der Waals surface area (Å²) in [6, 6.07) is 30.0. The van der Waals surface area contributed by atoms with Crippen LogP contribution in [0.4, 0.5) is 0 Å². The largest absolute Gasteiger partial charge is 0.336 e. The van der Waals surface area contributed by atoms with Crippen LogP contribution in [0, 0.1) is 0 Å². The van der Waals surface area contributed by atoms with E-state index in [0.717, 1.165) is 61.8 Å². The van der Waals surface area contributed by atoms with E-state index < -0.39 is 0 Å². The van der Waals surface area contributed by atoms with Crippen molar-refractivity contribution in [1.82, 2.24) is 19.4 Å². The molecule has 1 saturated heterocycles. The molecule has 5 aromatic rings. The third-order valence-corrected chi connectivity index (χ3v) is 8.56. The van der Waals surface area contributed by atoms with Gasteiger partial charge >= 0.3 is 0 Å². The second kappa shape index (κ2) is 11.6. The Morgan fingerprint density at radius 2 is 1.70 bits per heavy atom. The van der Waals surface area contributed by atoms with Gasteiger partial charge in [0.2, 0.25) is 0 Å². The fourth-order valence-electron chi connectivity index (χ4n) is 6.36. The maximum absolute atomic E-state index is 13.8. The predicted octanol–water partition coefficient (Wildman–Crippen LogP) is 7.32. The highest BCUT2D eigenvalue weighted by Gasteiger charge is 2.34. The first-order valence-electron chi connectivity index (χ1n) is 14.6. The van der Waals surface area contributed by atoms with E-state index >= 15 is 0 Å². The average Bonchev–Trinajstić information content (AvgIpc) is 3.47. The molecule has 1 aromatic heterocycles. The van der Waals surface area contributed by atoms with Crippen molar-refractivity contribution in [1.29, 1.82) is 0 Å². The third-order valence-electron chi connectivity index (χ3n) is 8.56. The number of carbonyl (C=O) groups is 1. The first kappa shape index (κ1) is 26.3. The van der Waals surface area contributed by atoms with Crippen LogP contribution < -0.4 is 0 Å². The molecule has 1 fully saturated rings. The molecule has 0 radical (unpaired) electrons. The fraction of sp³-hybridized carbons (Fsp3) is 0.314. The molecule has 5 heteroatoms. The van der Waals surface area contributed by atoms with Gasteiger partial charge in [-0.05, 0) is 52.6 Å². The minimum Gasteiger partial charge on any atom is -0.336 e. The third kappa shape index (κ3) is 5.26. The molecule has 2 atom stereocenters. The Balaban J connectivity index is 1.21. The highest BCUT2D eigenvalue weighted by Crippen LogP contribution is 2.30. The summed E-state index contributed by atoms with van der Waals surface area (Å²) < 4.78 is 2.29. The molecule has 0 aliphatic carbocycles. The van der Waals surface area contributed by atoms with E-state index in [4.69, 9.17) is 0 Å². The molecule has 0 saturated carbocycles. The standard InChI is InChI=1S/C35H38N4O/c1-3-4-14-31-24-37(35(40)33-16-9-13-29-11-7-8-15-32(29)33)19-20-39(31)26(2)34-22-36-25-38(34)23-27-17-18-28-10-5-6-12-30(28)21-27/h5-13,15-18,21-22,25-26,31H,3-4,14,19-20,23-24H2,1-2H3. The Bertz CT molecular complexity index is 1620. The van der Waals surface area contributed by atoms with E-state index in [1.807, 2.05) is 36.8 Å². The van der Waals surface area contributed by atoms with Crippen molar-refractivity contribution in [2.24, 2.45) is 0 Å². The van der Waals surface area contributed by atoms with Crippen LogP contribution in [0.1, 0.15) is 60.8 Å². The number of carbonyl (C=O) groups excluding carboxylic acids is 1. The Labute approximate surface area is 237 Å². The predicted molar refractivity (Wildman–Crippen MR) is 164 cm³/mol. The quantitative estimate of drug-likeness (QED) is 0.211. The molecule has 0 N–H and O–H groups in total. The van der Waals surface area contributed by atoms with Crippen LogP contribution in [0.5, 0.6) is 0 Å². The maximum atomic E-state index is 13.8. The van der Waals surface area contributed by atoms with Gasteiger partial charge in [-0.25, -0.2) is 4.98 Å². The number of rotatable bonds is 8. The van der Waals surface area contributed by atoms with Crippen LogP contribution in [-0.2, 0) is 6.54 Å². The average molecular weight is 531 g/mol. The van der Waals surface area contributed by atoms with Crippen LogP contribution in [0.2, 0.25) is 0 Å². The van der Waals surface area contributed by atoms with Gasteiger partial charge in [0, 0.05) is 50.0 Å². The molecule has 1 amide bonds. The van der Waals surface area contributed by atoms with Crippen molar-refractivity contribution in [3.05, 3.63) is 114 Å². The number of hydrogen-bond donors (Lipinski definition) is 0. The van der Waals surface area contributed by atoms with Crippen molar-refractivity contribution in [3.63, 3.8) is 0 Å². The molecule has 204 valence electrons. The molecule has 6 rings (SSSR count). The molecule has 0 spiro atoms. The van der Waals surface area contributed by atoms with Crippen LogP contribution in [0.25, 0.3) is 21.5 Å². The van der Waals surface area contributed by atoms with Crippen molar-refractivity contribution in [2.45, 2.75) is 51.7 Å². The minimum absolute atomic E-state index is 0.145. The van der Waals surface area contributed by atoms with Gasteiger partial charge in [-0.15, -0.1) is 0 Å². The van der Waals surface area contributed by atoms with Crippen LogP contribution >= 0.6 is 0 Å². The molecule has 40 heavy (non-hydrogen) atoms. The number of amides is 1. The number of imidazole rings is 1. The van der Waals surface area contributed by atoms with Crippen molar-refractivity contribution < 1.29 is 4.79 Å². The van der Waals surface area contributed by atoms with Crippen LogP contribution in [0.15, 0.2) is 97.5 Å². The van der Waals surface area contributed by atoms with E-state index in [0.29, 0.717) is 6.04 Å². The first-order chi connectivity index (χ1) is 19.6. The summed E-state index contributed by atoms with van der Waals surface area (Å²) in [4.78, 5) is 23.0. The lowest BCUT2D eigenvalue weighted by molar-refractivity contribution is 0.0307. The second-order valence-corrected chi connectivity index (χ2v) is 11.1. The molecule has 0 bridgehead atoms. The summed E-state index contributed by atoms with van der Waals surface area (Å²) in [6.45, 7) is 7.68. The summed E-state index contributed by atoms with van der Waals surface area (Å²) in [5.41, 5.74) is 3.31. The lowest BCUT2D eigenvalue weighted by Crippen LogP contribution is -2.55. The Morgan fingerprint density at radius 1 is 0.925 bits per heavy atom. The smallest absolute Gasteiger partial charge is 0.254 e. The number of hydrogen-bond acceptors (Lipinski definition) is 3. The lowest BCUT2D eigenvalue weighted by atomic mass is 9.99. The number of piperazine rings is 1. The summed E-state index contributed by atoms with van der Waals surface area (Å²) in [5.74, 6) is 0.145. The van der Waals surface area contributed by atoms with Gasteiger partial charge in [0.15, 0.2) is 0 Å². The number of aromatic nitrogens is 2. The first-order valence-corrected chi connectivity index (χ1v) is 14.6. The second-order valence-electron chi connectivity index (χ2n) is 11.1. The maximum Gasteiger partial charge on any atom is 0.254 e. The van der Waals surface area contributed by atoms with E-state index in [9.17, 15) is 4.79 Å². The minimum atomic E-state index is 0.145. The summed E-state index contributed by atoms with van der Waals surface area (Å²) >= 11 is 0. The summed E-state index contributed by atoms with van der Waals surface area (Å²) in [5, 5.41) is 4.68. The molecule has 2 unspecified atom stereocenters. The number of benzene rings is 4. The van der Waals surface area contributed by atoms with Gasteiger partial charge < -0.3 is 9.47 Å². The fourth-order valence-corrected chi connectivity index (χ4v) is 6.36. The summed E-state index contributed by atoms with van der Waals surface area (Å²) in [6.07, 6.45) is 7.37. The van der Waals surface area contributed by atoms with Crippen molar-refractivity contribution >= 4 is 27.5 Å². The highest BCUT2D eigenvalue weighted by atomic mass is 16.2. The Kier molecular flexibility index (Phi) is 7.65. The number of fused-ring (bicyclic) bond motifs is 2. The molecule has 2 heterocycles. The highest BCUT2D eigenvalue weighted by molar-refractivity contribution is 6.07. The van der Waals surface area contributed by atoms with Gasteiger partial charge in [0.05, 0.1) is 12.0 Å². The normalized spacial score (nSPS) is 16.9. The molecule has 1 aliphatic rings. The summed E-state index contributed by atoms with van der Waals surface area (Å²) in [7, 11) is 0. The van der Waals surface area contributed by atoms with Crippen molar-refractivity contribution in [2.75, 3.05) is 19.6 Å². The molecule has 1 aliphatic heterocycles. The zero-order valence-corrected chi connectivity index (χ0v) is 23.5. The molecule has 5 nitrogen and oxygen atoms in total. The number of unbranched alkanes of at least 4 members (excludes halogenated alkanes) is 1. The SMILES string of the molecule is CCCCC1CN(C(=O)c2cccc3ccccc23)CCN1C(C)c1cncn1Cc1ccc2ccccc2c1. The number of nitrogens with zero attached hydrogens (tertiary/aromatic N) is 4. The zero-order valence-electron chi connectivity index (χ0n) is 23.5. The molecular weight excluding hydrogens is 492 g/mol. The molecular formula is C35H38N4O. The van der Waals surface area contributed by atoms with E-state index in [-0.39, 0.29) is 11.9 Å². The van der Waals surface area contributed by atoms with E-state index in [1.165, 1.54) is 22.0 Å². The van der Waals surface area contributed by atoms with Crippen LogP contribution in [0.3, 0.4) is 0 Å². The lowest BCUT2D eigenvalue weighted by Gasteiger charge is -2.44.